The van der Waals surface area contributed by atoms with Crippen LogP contribution in [0, 0.1) is 0 Å². The largest absolute Gasteiger partial charge is 0.456 e. The Morgan fingerprint density at radius 1 is 0.140 bits per heavy atom. The molecular formula is C144H86O5S. The van der Waals surface area contributed by atoms with Crippen molar-refractivity contribution in [3.63, 3.8) is 0 Å². The van der Waals surface area contributed by atoms with Gasteiger partial charge in [-0.05, 0) is 225 Å². The minimum Gasteiger partial charge on any atom is -0.456 e. The first-order valence-electron chi connectivity index (χ1n) is 61.2. The molecule has 32 rings (SSSR count). The zero-order valence-electron chi connectivity index (χ0n) is 103. The number of rotatable bonds is 11. The van der Waals surface area contributed by atoms with Crippen molar-refractivity contribution in [3.8, 4) is 122 Å². The summed E-state index contributed by atoms with van der Waals surface area (Å²) in [6, 6.07) is 112. The molecular weight excluding hydrogens is 1840 g/mol. The minimum atomic E-state index is -0.443. The van der Waals surface area contributed by atoms with Crippen molar-refractivity contribution >= 4 is 206 Å². The van der Waals surface area contributed by atoms with E-state index in [9.17, 15) is 16.4 Å². The molecule has 0 saturated heterocycles. The van der Waals surface area contributed by atoms with Gasteiger partial charge < -0.3 is 22.1 Å². The SMILES string of the molecule is [2H]c1c([2H])c([2H])c2c(-c3ccc(-c4cccc5c4oc4ccccc45)cc3)c3c([2H])c([2H])c([2H])c([2H])c3c(-c3ccc(-c4cccc5c4oc4ccccc45)cc3)c2c1[2H].[2H]c1c([2H])c([2H])c2c(-c3ccc(-c4cccc5oc6ccccc6c45)cc3)c3c([2H])c([2H])c([2H])c([2H])c3c(-c3ccc(-c4cccc5oc6ccccc6c45)cc3)c2c1[2H].[2H]c1c([2H])c([2H])c2c(-c3cccc4c3oc3ccccc34)c3c([2H])c([2H])c([2H])c([2H])c3c(-c3cccc(-c4ccc5c(c4)sc4ccccc45)c3)c2c1[2H]. The summed E-state index contributed by atoms with van der Waals surface area (Å²) in [5.41, 5.74) is 20.9. The summed E-state index contributed by atoms with van der Waals surface area (Å²) < 4.78 is 252. The second kappa shape index (κ2) is 35.2. The predicted molar refractivity (Wildman–Crippen MR) is 633 cm³/mol. The van der Waals surface area contributed by atoms with Crippen molar-refractivity contribution in [2.75, 3.05) is 0 Å². The van der Waals surface area contributed by atoms with Gasteiger partial charge in [-0.15, -0.1) is 11.3 Å². The van der Waals surface area contributed by atoms with Gasteiger partial charge in [0.05, 0.1) is 32.9 Å². The minimum absolute atomic E-state index is 0.151. The highest BCUT2D eigenvalue weighted by atomic mass is 32.1. The first kappa shape index (κ1) is 65.0. The van der Waals surface area contributed by atoms with Crippen LogP contribution in [0.2, 0.25) is 0 Å². The van der Waals surface area contributed by atoms with E-state index in [1.54, 1.807) is 17.4 Å². The molecule has 0 amide bonds. The molecule has 0 aliphatic carbocycles. The fourth-order valence-electron chi connectivity index (χ4n) is 22.5. The molecule has 0 atom stereocenters. The van der Waals surface area contributed by atoms with E-state index in [4.69, 9.17) is 38.5 Å². The quantitative estimate of drug-likeness (QED) is 0.121. The van der Waals surface area contributed by atoms with Crippen LogP contribution < -0.4 is 0 Å². The molecule has 0 bridgehead atoms. The van der Waals surface area contributed by atoms with E-state index < -0.39 is 72.5 Å². The second-order valence-electron chi connectivity index (χ2n) is 37.3. The number of thiophene rings is 1. The summed E-state index contributed by atoms with van der Waals surface area (Å²) in [4.78, 5) is 0. The molecule has 6 heteroatoms. The van der Waals surface area contributed by atoms with Crippen LogP contribution in [0.4, 0.5) is 0 Å². The lowest BCUT2D eigenvalue weighted by Crippen LogP contribution is -1.91. The van der Waals surface area contributed by atoms with Gasteiger partial charge in [-0.1, -0.05) is 460 Å². The second-order valence-corrected chi connectivity index (χ2v) is 38.4. The van der Waals surface area contributed by atoms with Crippen molar-refractivity contribution in [2.24, 2.45) is 0 Å². The maximum Gasteiger partial charge on any atom is 0.143 e. The van der Waals surface area contributed by atoms with E-state index in [0.717, 1.165) is 164 Å². The van der Waals surface area contributed by atoms with Gasteiger partial charge in [0.1, 0.15) is 55.8 Å². The molecule has 0 spiro atoms. The molecule has 0 unspecified atom stereocenters. The van der Waals surface area contributed by atoms with E-state index in [0.29, 0.717) is 72.4 Å². The fourth-order valence-corrected chi connectivity index (χ4v) is 23.7. The average Bonchev–Trinajstić information content (AvgIpc) is 1.28. The molecule has 26 aromatic carbocycles. The molecule has 0 radical (unpaired) electrons. The van der Waals surface area contributed by atoms with Gasteiger partial charge in [-0.3, -0.25) is 0 Å². The van der Waals surface area contributed by atoms with Crippen molar-refractivity contribution in [2.45, 2.75) is 0 Å². The number of benzene rings is 26. The van der Waals surface area contributed by atoms with E-state index in [2.05, 4.69) is 30.3 Å². The van der Waals surface area contributed by atoms with Crippen molar-refractivity contribution in [1.82, 2.24) is 0 Å². The molecule has 0 N–H and O–H groups in total. The molecule has 5 nitrogen and oxygen atoms in total. The molecule has 150 heavy (non-hydrogen) atoms. The van der Waals surface area contributed by atoms with E-state index in [1.165, 1.54) is 10.1 Å². The van der Waals surface area contributed by atoms with Crippen molar-refractivity contribution in [1.29, 1.82) is 0 Å². The highest BCUT2D eigenvalue weighted by molar-refractivity contribution is 7.25. The first-order chi connectivity index (χ1) is 84.4. The lowest BCUT2D eigenvalue weighted by atomic mass is 9.85. The summed E-state index contributed by atoms with van der Waals surface area (Å²) in [7, 11) is 0. The third-order valence-corrected chi connectivity index (χ3v) is 30.3. The lowest BCUT2D eigenvalue weighted by molar-refractivity contribution is 0.668. The normalized spacial score (nSPS) is 14.1. The Morgan fingerprint density at radius 2 is 0.380 bits per heavy atom. The van der Waals surface area contributed by atoms with Gasteiger partial charge in [0, 0.05) is 96.3 Å². The molecule has 0 saturated carbocycles. The monoisotopic (exact) mass is 1950 g/mol. The van der Waals surface area contributed by atoms with Crippen molar-refractivity contribution in [3.05, 3.63) is 521 Å². The van der Waals surface area contributed by atoms with Gasteiger partial charge in [0.2, 0.25) is 0 Å². The number of hydrogen-bond acceptors (Lipinski definition) is 6. The highest BCUT2D eigenvalue weighted by Crippen LogP contribution is 2.53. The Bertz CT molecular complexity index is 12000. The van der Waals surface area contributed by atoms with Crippen LogP contribution in [-0.2, 0) is 0 Å². The van der Waals surface area contributed by atoms with Crippen LogP contribution in [0.1, 0.15) is 32.9 Å². The summed E-state index contributed by atoms with van der Waals surface area (Å²) in [6.07, 6.45) is 0. The standard InChI is InChI=1S/2C50H30O2.C44H26OS/c1-2-14-40-39(13-1)47(33-27-23-31(24-28-33)35-17-9-19-43-37-11-5-7-21-45(37)51-49(35)43)41-15-3-4-16-42(41)48(40)34-29-25-32(26-30-34)36-18-10-20-44-38-12-6-8-22-46(38)52-50(36)44;1-2-12-38-37(11-1)47(33-27-23-31(24-28-33)35-17-9-21-45-49(35)41-15-5-7-19-43(41)51-45)39-13-3-4-14-40(39)48(38)34-29-25-32(26-30-34)36-18-10-22-46-50(36)42-16-6-8-20-44(42)52-46;1-3-17-35-33(15-1)42(29-12-9-11-27(25-29)28-23-24-32-31-14-6-8-22-40(31)46-41(32)26-28)34-16-2-4-18-36(34)43(35)38-20-10-19-37-30-13-5-7-21-39(30)45-44(37)38/h2*1-30H;1-26H/i1D,2D,3D,4D,13D,14D,15D,16D;1D,2D,3D,4D,11D,12D,13D,14D;1D,2D,3D,4D,15D,16D,17D,18D. The van der Waals surface area contributed by atoms with Gasteiger partial charge in [-0.25, -0.2) is 0 Å². The maximum atomic E-state index is 9.38. The number of furan rings is 5. The van der Waals surface area contributed by atoms with Gasteiger partial charge in [-0.2, -0.15) is 0 Å². The summed E-state index contributed by atoms with van der Waals surface area (Å²) in [6.45, 7) is 0. The predicted octanol–water partition coefficient (Wildman–Crippen LogP) is 42.2. The Hall–Kier alpha value is -19.5. The zero-order valence-corrected chi connectivity index (χ0v) is 80.1. The smallest absolute Gasteiger partial charge is 0.143 e. The van der Waals surface area contributed by atoms with Crippen LogP contribution in [0.15, 0.2) is 543 Å². The molecule has 32 aromatic rings. The summed E-state index contributed by atoms with van der Waals surface area (Å²) in [5.74, 6) is 0. The maximum absolute atomic E-state index is 9.38. The number of hydrogen-bond donors (Lipinski definition) is 0. The summed E-state index contributed by atoms with van der Waals surface area (Å²) >= 11 is 1.71. The fraction of sp³-hybridized carbons (Fsp3) is 0. The molecule has 698 valence electrons. The van der Waals surface area contributed by atoms with E-state index >= 15 is 0 Å². The number of fused-ring (bicyclic) bond motifs is 24. The van der Waals surface area contributed by atoms with Crippen LogP contribution in [0.3, 0.4) is 0 Å². The Morgan fingerprint density at radius 3 is 0.753 bits per heavy atom. The van der Waals surface area contributed by atoms with E-state index in [1.807, 2.05) is 340 Å². The van der Waals surface area contributed by atoms with Gasteiger partial charge in [0.15, 0.2) is 0 Å². The molecule has 6 aromatic heterocycles. The van der Waals surface area contributed by atoms with Crippen LogP contribution in [-0.4, -0.2) is 0 Å². The third-order valence-electron chi connectivity index (χ3n) is 29.2. The van der Waals surface area contributed by atoms with Crippen molar-refractivity contribution < 1.29 is 55.0 Å². The molecule has 0 fully saturated rings. The zero-order chi connectivity index (χ0) is 119. The topological polar surface area (TPSA) is 65.7 Å². The van der Waals surface area contributed by atoms with Crippen LogP contribution >= 0.6 is 11.3 Å². The Kier molecular flexibility index (Phi) is 15.2. The van der Waals surface area contributed by atoms with Crippen LogP contribution in [0.5, 0.6) is 0 Å². The molecule has 0 aliphatic heterocycles. The third kappa shape index (κ3) is 14.1. The average molecular weight is 1950 g/mol. The number of para-hydroxylation sites is 8. The van der Waals surface area contributed by atoms with Gasteiger partial charge >= 0.3 is 0 Å². The van der Waals surface area contributed by atoms with E-state index in [-0.39, 0.29) is 143 Å². The molecule has 0 aliphatic rings. The highest BCUT2D eigenvalue weighted by Gasteiger charge is 2.27. The molecule has 6 heterocycles. The Balaban J connectivity index is 0.000000115. The lowest BCUT2D eigenvalue weighted by Gasteiger charge is -2.18. The Labute approximate surface area is 899 Å². The van der Waals surface area contributed by atoms with Crippen LogP contribution in [0.25, 0.3) is 317 Å². The first-order valence-corrected chi connectivity index (χ1v) is 50.0. The van der Waals surface area contributed by atoms with Gasteiger partial charge in [0.25, 0.3) is 0 Å². The summed E-state index contributed by atoms with van der Waals surface area (Å²) in [5, 5.41) is 13.8.